The summed E-state index contributed by atoms with van der Waals surface area (Å²) in [6, 6.07) is 3.69. The summed E-state index contributed by atoms with van der Waals surface area (Å²) in [5, 5.41) is 5.86. The Kier molecular flexibility index (Phi) is 7.50. The van der Waals surface area contributed by atoms with Gasteiger partial charge in [-0.05, 0) is 25.0 Å². The summed E-state index contributed by atoms with van der Waals surface area (Å²) in [5.41, 5.74) is 0. The van der Waals surface area contributed by atoms with E-state index in [1.54, 1.807) is 13.3 Å². The van der Waals surface area contributed by atoms with Crippen LogP contribution in [0.1, 0.15) is 25.0 Å². The fourth-order valence-corrected chi connectivity index (χ4v) is 4.07. The van der Waals surface area contributed by atoms with E-state index in [1.807, 2.05) is 12.1 Å². The lowest BCUT2D eigenvalue weighted by Crippen LogP contribution is -2.44. The predicted octanol–water partition coefficient (Wildman–Crippen LogP) is 1.53. The molecule has 0 radical (unpaired) electrons. The molecule has 6 nitrogen and oxygen atoms in total. The molecule has 1 aromatic heterocycles. The Hall–Kier alpha value is -0.770. The Morgan fingerprint density at radius 1 is 1.43 bits per heavy atom. The van der Waals surface area contributed by atoms with Gasteiger partial charge in [0, 0.05) is 13.6 Å². The van der Waals surface area contributed by atoms with Gasteiger partial charge in [-0.25, -0.2) is 8.42 Å². The van der Waals surface area contributed by atoms with Gasteiger partial charge in [0.15, 0.2) is 15.8 Å². The minimum absolute atomic E-state index is 0. The first-order valence-electron chi connectivity index (χ1n) is 6.80. The topological polar surface area (TPSA) is 83.7 Å². The summed E-state index contributed by atoms with van der Waals surface area (Å²) in [5.74, 6) is 1.69. The van der Waals surface area contributed by atoms with Crippen LogP contribution in [0.3, 0.4) is 0 Å². The van der Waals surface area contributed by atoms with Gasteiger partial charge in [-0.1, -0.05) is 6.42 Å². The largest absolute Gasteiger partial charge is 0.467 e. The first kappa shape index (κ1) is 18.3. The number of sulfone groups is 1. The van der Waals surface area contributed by atoms with Crippen LogP contribution in [0.4, 0.5) is 0 Å². The van der Waals surface area contributed by atoms with Crippen molar-refractivity contribution in [2.45, 2.75) is 31.1 Å². The second-order valence-electron chi connectivity index (χ2n) is 4.87. The average molecular weight is 427 g/mol. The van der Waals surface area contributed by atoms with E-state index in [-0.39, 0.29) is 29.2 Å². The molecule has 1 fully saturated rings. The quantitative estimate of drug-likeness (QED) is 0.433. The molecule has 2 rings (SSSR count). The van der Waals surface area contributed by atoms with Gasteiger partial charge >= 0.3 is 0 Å². The standard InChI is InChI=1S/C13H21N3O3S.HI/c1-14-13(15-9-11-5-4-7-19-11)16-10-12-6-2-3-8-20(12,17)18;/h4-5,7,12H,2-3,6,8-10H2,1H3,(H2,14,15,16);1H. The van der Waals surface area contributed by atoms with Gasteiger partial charge in [-0.3, -0.25) is 4.99 Å². The number of hydrogen-bond acceptors (Lipinski definition) is 4. The highest BCUT2D eigenvalue weighted by atomic mass is 127. The van der Waals surface area contributed by atoms with Crippen molar-refractivity contribution in [3.63, 3.8) is 0 Å². The van der Waals surface area contributed by atoms with Crippen LogP contribution in [0.2, 0.25) is 0 Å². The fourth-order valence-electron chi connectivity index (χ4n) is 2.27. The highest BCUT2D eigenvalue weighted by molar-refractivity contribution is 14.0. The summed E-state index contributed by atoms with van der Waals surface area (Å²) in [4.78, 5) is 4.08. The highest BCUT2D eigenvalue weighted by Crippen LogP contribution is 2.18. The zero-order valence-electron chi connectivity index (χ0n) is 12.0. The zero-order valence-corrected chi connectivity index (χ0v) is 15.2. The maximum Gasteiger partial charge on any atom is 0.191 e. The van der Waals surface area contributed by atoms with Crippen LogP contribution in [0, 0.1) is 0 Å². The van der Waals surface area contributed by atoms with Crippen molar-refractivity contribution < 1.29 is 12.8 Å². The molecule has 2 heterocycles. The Labute approximate surface area is 142 Å². The van der Waals surface area contributed by atoms with Crippen LogP contribution in [0.25, 0.3) is 0 Å². The van der Waals surface area contributed by atoms with E-state index in [4.69, 9.17) is 4.42 Å². The van der Waals surface area contributed by atoms with E-state index in [9.17, 15) is 8.42 Å². The van der Waals surface area contributed by atoms with E-state index in [0.717, 1.165) is 25.0 Å². The van der Waals surface area contributed by atoms with Gasteiger partial charge in [0.1, 0.15) is 5.76 Å². The van der Waals surface area contributed by atoms with Crippen LogP contribution in [-0.2, 0) is 16.4 Å². The van der Waals surface area contributed by atoms with E-state index in [2.05, 4.69) is 15.6 Å². The second kappa shape index (κ2) is 8.62. The van der Waals surface area contributed by atoms with Gasteiger partial charge in [0.25, 0.3) is 0 Å². The molecule has 0 bridgehead atoms. The van der Waals surface area contributed by atoms with Crippen molar-refractivity contribution in [3.8, 4) is 0 Å². The van der Waals surface area contributed by atoms with Gasteiger partial charge in [0.05, 0.1) is 23.8 Å². The summed E-state index contributed by atoms with van der Waals surface area (Å²) in [7, 11) is -1.29. The van der Waals surface area contributed by atoms with Gasteiger partial charge < -0.3 is 15.1 Å². The van der Waals surface area contributed by atoms with Crippen molar-refractivity contribution in [1.82, 2.24) is 10.6 Å². The SMILES string of the molecule is CN=C(NCc1ccco1)NCC1CCCCS1(=O)=O.I. The number of nitrogens with one attached hydrogen (secondary N) is 2. The molecule has 21 heavy (non-hydrogen) atoms. The molecular formula is C13H22IN3O3S. The first-order valence-corrected chi connectivity index (χ1v) is 8.52. The number of guanidine groups is 1. The molecule has 0 aromatic carbocycles. The average Bonchev–Trinajstić information content (AvgIpc) is 2.93. The van der Waals surface area contributed by atoms with Crippen LogP contribution in [0.15, 0.2) is 27.8 Å². The van der Waals surface area contributed by atoms with Gasteiger partial charge in [-0.2, -0.15) is 0 Å². The number of furan rings is 1. The number of aliphatic imine (C=N–C) groups is 1. The van der Waals surface area contributed by atoms with Gasteiger partial charge in [0.2, 0.25) is 0 Å². The molecule has 0 amide bonds. The molecule has 1 unspecified atom stereocenters. The molecule has 1 saturated heterocycles. The molecule has 1 atom stereocenters. The monoisotopic (exact) mass is 427 g/mol. The van der Waals surface area contributed by atoms with Crippen molar-refractivity contribution >= 4 is 39.8 Å². The lowest BCUT2D eigenvalue weighted by Gasteiger charge is -2.23. The maximum atomic E-state index is 11.9. The van der Waals surface area contributed by atoms with Crippen molar-refractivity contribution in [2.24, 2.45) is 4.99 Å². The van der Waals surface area contributed by atoms with E-state index in [0.29, 0.717) is 24.8 Å². The summed E-state index contributed by atoms with van der Waals surface area (Å²) >= 11 is 0. The third-order valence-electron chi connectivity index (χ3n) is 3.44. The lowest BCUT2D eigenvalue weighted by molar-refractivity contribution is 0.500. The third kappa shape index (κ3) is 5.50. The molecule has 1 aliphatic heterocycles. The number of hydrogen-bond donors (Lipinski definition) is 2. The van der Waals surface area contributed by atoms with E-state index < -0.39 is 9.84 Å². The van der Waals surface area contributed by atoms with Gasteiger partial charge in [-0.15, -0.1) is 24.0 Å². The normalized spacial score (nSPS) is 21.4. The van der Waals surface area contributed by atoms with Crippen molar-refractivity contribution in [3.05, 3.63) is 24.2 Å². The van der Waals surface area contributed by atoms with Crippen LogP contribution in [-0.4, -0.2) is 39.0 Å². The summed E-state index contributed by atoms with van der Waals surface area (Å²) in [6.45, 7) is 0.921. The number of halogens is 1. The minimum Gasteiger partial charge on any atom is -0.467 e. The molecule has 2 N–H and O–H groups in total. The predicted molar refractivity (Wildman–Crippen MR) is 93.8 cm³/mol. The minimum atomic E-state index is -2.95. The zero-order chi connectivity index (χ0) is 14.4. The third-order valence-corrected chi connectivity index (χ3v) is 5.72. The Bertz CT molecular complexity index is 543. The molecule has 0 aliphatic carbocycles. The van der Waals surface area contributed by atoms with Crippen LogP contribution < -0.4 is 10.6 Å². The molecule has 1 aliphatic rings. The molecule has 1 aromatic rings. The number of rotatable bonds is 4. The Morgan fingerprint density at radius 2 is 2.24 bits per heavy atom. The maximum absolute atomic E-state index is 11.9. The molecular weight excluding hydrogens is 405 g/mol. The smallest absolute Gasteiger partial charge is 0.191 e. The Balaban J connectivity index is 0.00000220. The van der Waals surface area contributed by atoms with Crippen molar-refractivity contribution in [1.29, 1.82) is 0 Å². The highest BCUT2D eigenvalue weighted by Gasteiger charge is 2.28. The Morgan fingerprint density at radius 3 is 2.86 bits per heavy atom. The molecule has 120 valence electrons. The molecule has 8 heteroatoms. The first-order chi connectivity index (χ1) is 9.62. The van der Waals surface area contributed by atoms with Crippen LogP contribution >= 0.6 is 24.0 Å². The summed E-state index contributed by atoms with van der Waals surface area (Å²) in [6.07, 6.45) is 4.10. The van der Waals surface area contributed by atoms with Crippen molar-refractivity contribution in [2.75, 3.05) is 19.3 Å². The summed E-state index contributed by atoms with van der Waals surface area (Å²) < 4.78 is 29.0. The van der Waals surface area contributed by atoms with Crippen LogP contribution in [0.5, 0.6) is 0 Å². The van der Waals surface area contributed by atoms with E-state index >= 15 is 0 Å². The van der Waals surface area contributed by atoms with E-state index in [1.165, 1.54) is 0 Å². The fraction of sp³-hybridized carbons (Fsp3) is 0.615. The molecule has 0 saturated carbocycles. The second-order valence-corrected chi connectivity index (χ2v) is 7.27. The molecule has 0 spiro atoms. The lowest BCUT2D eigenvalue weighted by atomic mass is 10.2. The number of nitrogens with zero attached hydrogens (tertiary/aromatic N) is 1.